The Hall–Kier alpha value is -1.41. The maximum absolute atomic E-state index is 11.1. The highest BCUT2D eigenvalue weighted by molar-refractivity contribution is 5.92. The van der Waals surface area contributed by atoms with E-state index in [0.717, 1.165) is 0 Å². The molecule has 7 heteroatoms. The standard InChI is InChI=1S/C13H22N2O5/c1-20-10(8-16)5-11(17)12(18)7-15-4-2-3-9(6-15)13(14)19/h2,4,6,10-12,16-18H,3,5,7-8H2,1H3,(H2,14,19)/t10?,11-,12+/m0/s1. The molecule has 0 spiro atoms. The lowest BCUT2D eigenvalue weighted by molar-refractivity contribution is -0.114. The second-order valence-corrected chi connectivity index (χ2v) is 4.71. The maximum Gasteiger partial charge on any atom is 0.246 e. The van der Waals surface area contributed by atoms with Crippen molar-refractivity contribution in [2.24, 2.45) is 5.73 Å². The second-order valence-electron chi connectivity index (χ2n) is 4.71. The van der Waals surface area contributed by atoms with E-state index >= 15 is 0 Å². The van der Waals surface area contributed by atoms with E-state index in [1.165, 1.54) is 7.11 Å². The number of β-amino-alcohol motifs (C(OH)–C–C–N with tert-alkyl or cyclic N) is 1. The lowest BCUT2D eigenvalue weighted by atomic mass is 10.1. The number of allylic oxidation sites excluding steroid dienone is 1. The van der Waals surface area contributed by atoms with E-state index in [4.69, 9.17) is 15.6 Å². The summed E-state index contributed by atoms with van der Waals surface area (Å²) in [5, 5.41) is 28.8. The van der Waals surface area contributed by atoms with Crippen molar-refractivity contribution in [3.05, 3.63) is 24.0 Å². The Morgan fingerprint density at radius 3 is 2.75 bits per heavy atom. The Balaban J connectivity index is 2.52. The van der Waals surface area contributed by atoms with Crippen molar-refractivity contribution >= 4 is 5.91 Å². The molecule has 0 saturated carbocycles. The van der Waals surface area contributed by atoms with Crippen LogP contribution in [0.25, 0.3) is 0 Å². The molecule has 1 amide bonds. The first-order valence-electron chi connectivity index (χ1n) is 6.40. The fraction of sp³-hybridized carbons (Fsp3) is 0.615. The number of amides is 1. The summed E-state index contributed by atoms with van der Waals surface area (Å²) in [5.74, 6) is -0.505. The molecule has 0 aromatic carbocycles. The highest BCUT2D eigenvalue weighted by atomic mass is 16.5. The van der Waals surface area contributed by atoms with Crippen LogP contribution in [0.1, 0.15) is 12.8 Å². The lowest BCUT2D eigenvalue weighted by Crippen LogP contribution is -2.38. The molecular weight excluding hydrogens is 264 g/mol. The third-order valence-corrected chi connectivity index (χ3v) is 3.16. The van der Waals surface area contributed by atoms with Crippen LogP contribution in [0.4, 0.5) is 0 Å². The topological polar surface area (TPSA) is 116 Å². The predicted octanol–water partition coefficient (Wildman–Crippen LogP) is -1.31. The molecule has 0 saturated heterocycles. The van der Waals surface area contributed by atoms with Gasteiger partial charge in [0.1, 0.15) is 0 Å². The summed E-state index contributed by atoms with van der Waals surface area (Å²) in [6.45, 7) is -0.105. The molecular formula is C13H22N2O5. The largest absolute Gasteiger partial charge is 0.394 e. The van der Waals surface area contributed by atoms with Crippen LogP contribution in [-0.2, 0) is 9.53 Å². The van der Waals surface area contributed by atoms with Gasteiger partial charge in [-0.3, -0.25) is 4.79 Å². The Labute approximate surface area is 117 Å². The monoisotopic (exact) mass is 286 g/mol. The molecule has 1 unspecified atom stereocenters. The van der Waals surface area contributed by atoms with E-state index in [1.807, 2.05) is 0 Å². The normalized spacial score (nSPS) is 19.4. The smallest absolute Gasteiger partial charge is 0.246 e. The van der Waals surface area contributed by atoms with Gasteiger partial charge in [0, 0.05) is 25.3 Å². The molecule has 3 atom stereocenters. The van der Waals surface area contributed by atoms with Gasteiger partial charge in [0.25, 0.3) is 0 Å². The van der Waals surface area contributed by atoms with Gasteiger partial charge in [-0.15, -0.1) is 0 Å². The molecule has 1 rings (SSSR count). The van der Waals surface area contributed by atoms with Crippen LogP contribution in [0.2, 0.25) is 0 Å². The second kappa shape index (κ2) is 8.01. The van der Waals surface area contributed by atoms with Crippen molar-refractivity contribution in [1.82, 2.24) is 4.90 Å². The van der Waals surface area contributed by atoms with Crippen molar-refractivity contribution in [2.45, 2.75) is 31.2 Å². The first-order valence-corrected chi connectivity index (χ1v) is 6.40. The van der Waals surface area contributed by atoms with E-state index < -0.39 is 24.2 Å². The number of rotatable bonds is 8. The molecule has 0 aliphatic carbocycles. The number of nitrogens with zero attached hydrogens (tertiary/aromatic N) is 1. The van der Waals surface area contributed by atoms with Crippen LogP contribution < -0.4 is 5.73 Å². The average molecular weight is 286 g/mol. The van der Waals surface area contributed by atoms with E-state index in [-0.39, 0.29) is 19.6 Å². The number of carbonyl (C=O) groups excluding carboxylic acids is 1. The van der Waals surface area contributed by atoms with Gasteiger partial charge in [-0.05, 0) is 12.6 Å². The number of nitrogens with two attached hydrogens (primary N) is 1. The zero-order valence-corrected chi connectivity index (χ0v) is 11.5. The predicted molar refractivity (Wildman–Crippen MR) is 72.3 cm³/mol. The molecule has 1 aliphatic heterocycles. The molecule has 1 aliphatic rings. The first-order chi connectivity index (χ1) is 9.47. The molecule has 114 valence electrons. The number of methoxy groups -OCH3 is 1. The summed E-state index contributed by atoms with van der Waals surface area (Å²) in [4.78, 5) is 12.7. The number of hydrogen-bond donors (Lipinski definition) is 4. The number of ether oxygens (including phenoxy) is 1. The molecule has 5 N–H and O–H groups in total. The third kappa shape index (κ3) is 4.93. The van der Waals surface area contributed by atoms with Crippen LogP contribution in [-0.4, -0.2) is 64.7 Å². The minimum Gasteiger partial charge on any atom is -0.394 e. The highest BCUT2D eigenvalue weighted by Crippen LogP contribution is 2.14. The van der Waals surface area contributed by atoms with Crippen molar-refractivity contribution < 1.29 is 24.9 Å². The zero-order valence-electron chi connectivity index (χ0n) is 11.5. The summed E-state index contributed by atoms with van der Waals surface area (Å²) in [6, 6.07) is 0. The molecule has 0 aromatic rings. The summed E-state index contributed by atoms with van der Waals surface area (Å²) < 4.78 is 4.94. The molecule has 0 radical (unpaired) electrons. The van der Waals surface area contributed by atoms with E-state index in [9.17, 15) is 15.0 Å². The number of primary amides is 1. The van der Waals surface area contributed by atoms with Crippen LogP contribution in [0.15, 0.2) is 24.0 Å². The Morgan fingerprint density at radius 2 is 2.20 bits per heavy atom. The van der Waals surface area contributed by atoms with Gasteiger partial charge in [0.2, 0.25) is 5.91 Å². The van der Waals surface area contributed by atoms with Crippen molar-refractivity contribution in [3.8, 4) is 0 Å². The average Bonchev–Trinajstić information content (AvgIpc) is 2.44. The van der Waals surface area contributed by atoms with Crippen LogP contribution in [0.3, 0.4) is 0 Å². The Bertz CT molecular complexity index is 379. The van der Waals surface area contributed by atoms with E-state index in [2.05, 4.69) is 0 Å². The van der Waals surface area contributed by atoms with Crippen molar-refractivity contribution in [1.29, 1.82) is 0 Å². The van der Waals surface area contributed by atoms with Gasteiger partial charge in [0.05, 0.1) is 31.5 Å². The van der Waals surface area contributed by atoms with Crippen LogP contribution >= 0.6 is 0 Å². The quantitative estimate of drug-likeness (QED) is 0.440. The van der Waals surface area contributed by atoms with Crippen molar-refractivity contribution in [2.75, 3.05) is 20.3 Å². The molecule has 0 fully saturated rings. The van der Waals surface area contributed by atoms with Gasteiger partial charge < -0.3 is 30.7 Å². The Kier molecular flexibility index (Phi) is 6.66. The molecule has 0 aromatic heterocycles. The summed E-state index contributed by atoms with van der Waals surface area (Å²) in [5.41, 5.74) is 5.64. The van der Waals surface area contributed by atoms with Gasteiger partial charge in [0.15, 0.2) is 0 Å². The number of hydrogen-bond acceptors (Lipinski definition) is 6. The fourth-order valence-corrected chi connectivity index (χ4v) is 1.90. The van der Waals surface area contributed by atoms with Gasteiger partial charge >= 0.3 is 0 Å². The number of carbonyl (C=O) groups is 1. The SMILES string of the molecule is COC(CO)C[C@H](O)[C@H](O)CN1C=CCC(C(N)=O)=C1. The third-order valence-electron chi connectivity index (χ3n) is 3.16. The van der Waals surface area contributed by atoms with E-state index in [1.54, 1.807) is 23.4 Å². The van der Waals surface area contributed by atoms with Gasteiger partial charge in [-0.2, -0.15) is 0 Å². The lowest BCUT2D eigenvalue weighted by Gasteiger charge is -2.27. The highest BCUT2D eigenvalue weighted by Gasteiger charge is 2.23. The fourth-order valence-electron chi connectivity index (χ4n) is 1.90. The number of aliphatic hydroxyl groups is 3. The Morgan fingerprint density at radius 1 is 1.50 bits per heavy atom. The first kappa shape index (κ1) is 16.6. The minimum atomic E-state index is -1.03. The van der Waals surface area contributed by atoms with E-state index in [0.29, 0.717) is 12.0 Å². The van der Waals surface area contributed by atoms with Crippen LogP contribution in [0.5, 0.6) is 0 Å². The van der Waals surface area contributed by atoms with Gasteiger partial charge in [-0.1, -0.05) is 6.08 Å². The van der Waals surface area contributed by atoms with Crippen molar-refractivity contribution in [3.63, 3.8) is 0 Å². The maximum atomic E-state index is 11.1. The minimum absolute atomic E-state index is 0.121. The molecule has 0 bridgehead atoms. The summed E-state index contributed by atoms with van der Waals surface area (Å²) in [7, 11) is 1.43. The van der Waals surface area contributed by atoms with Gasteiger partial charge in [-0.25, -0.2) is 0 Å². The molecule has 1 heterocycles. The number of aliphatic hydroxyl groups excluding tert-OH is 3. The van der Waals surface area contributed by atoms with Crippen LogP contribution in [0, 0.1) is 0 Å². The summed E-state index contributed by atoms with van der Waals surface area (Å²) in [6.07, 6.45) is 3.01. The summed E-state index contributed by atoms with van der Waals surface area (Å²) >= 11 is 0. The zero-order chi connectivity index (χ0) is 15.1. The molecule has 20 heavy (non-hydrogen) atoms. The molecule has 7 nitrogen and oxygen atoms in total.